The summed E-state index contributed by atoms with van der Waals surface area (Å²) < 4.78 is 5.48. The second-order valence-corrected chi connectivity index (χ2v) is 9.45. The lowest BCUT2D eigenvalue weighted by Crippen LogP contribution is -2.42. The molecule has 7 heteroatoms. The van der Waals surface area contributed by atoms with Crippen LogP contribution in [0.25, 0.3) is 16.6 Å². The molecule has 1 unspecified atom stereocenters. The first kappa shape index (κ1) is 22.0. The molecule has 0 aliphatic carbocycles. The monoisotopic (exact) mass is 446 g/mol. The van der Waals surface area contributed by atoms with Crippen molar-refractivity contribution in [3.8, 4) is 0 Å². The maximum atomic E-state index is 5.48. The molecular formula is C26H34N6O. The highest BCUT2D eigenvalue weighted by Crippen LogP contribution is 2.39. The minimum Gasteiger partial charge on any atom is -0.378 e. The van der Waals surface area contributed by atoms with Gasteiger partial charge in [-0.1, -0.05) is 12.7 Å². The van der Waals surface area contributed by atoms with Crippen LogP contribution in [0.2, 0.25) is 0 Å². The molecule has 1 N–H and O–H groups in total. The van der Waals surface area contributed by atoms with Crippen molar-refractivity contribution in [2.75, 3.05) is 57.4 Å². The Morgan fingerprint density at radius 3 is 2.79 bits per heavy atom. The largest absolute Gasteiger partial charge is 0.378 e. The SMILES string of the molecule is C=C/C(=C\C=C(/C)c1cc2nccnc2c(N2CCC3(CCCNC3)C2)n1)N1CCOCC1. The van der Waals surface area contributed by atoms with Crippen molar-refractivity contribution in [1.29, 1.82) is 0 Å². The van der Waals surface area contributed by atoms with Gasteiger partial charge in [-0.2, -0.15) is 0 Å². The van der Waals surface area contributed by atoms with Gasteiger partial charge >= 0.3 is 0 Å². The Balaban J connectivity index is 1.46. The van der Waals surface area contributed by atoms with Gasteiger partial charge in [-0.3, -0.25) is 4.98 Å². The van der Waals surface area contributed by atoms with Gasteiger partial charge in [0.15, 0.2) is 5.82 Å². The fraction of sp³-hybridized carbons (Fsp3) is 0.500. The third kappa shape index (κ3) is 4.66. The van der Waals surface area contributed by atoms with Gasteiger partial charge in [0.25, 0.3) is 0 Å². The summed E-state index contributed by atoms with van der Waals surface area (Å²) in [5, 5.41) is 3.61. The quantitative estimate of drug-likeness (QED) is 0.706. The Bertz CT molecular complexity index is 1070. The van der Waals surface area contributed by atoms with Gasteiger partial charge in [-0.05, 0) is 56.5 Å². The van der Waals surface area contributed by atoms with E-state index in [-0.39, 0.29) is 0 Å². The molecule has 0 bridgehead atoms. The van der Waals surface area contributed by atoms with Gasteiger partial charge in [0.05, 0.1) is 24.4 Å². The van der Waals surface area contributed by atoms with Crippen LogP contribution >= 0.6 is 0 Å². The van der Waals surface area contributed by atoms with E-state index in [1.807, 2.05) is 6.08 Å². The van der Waals surface area contributed by atoms with Crippen LogP contribution in [0.3, 0.4) is 0 Å². The number of pyridine rings is 1. The molecule has 5 heterocycles. The first-order chi connectivity index (χ1) is 16.2. The molecule has 3 fully saturated rings. The van der Waals surface area contributed by atoms with E-state index < -0.39 is 0 Å². The van der Waals surface area contributed by atoms with Crippen LogP contribution in [0.15, 0.2) is 49.0 Å². The van der Waals surface area contributed by atoms with Crippen molar-refractivity contribution in [3.63, 3.8) is 0 Å². The number of nitrogens with zero attached hydrogens (tertiary/aromatic N) is 5. The summed E-state index contributed by atoms with van der Waals surface area (Å²) in [6.07, 6.45) is 13.5. The Kier molecular flexibility index (Phi) is 6.42. The minimum atomic E-state index is 0.356. The van der Waals surface area contributed by atoms with E-state index in [0.717, 1.165) is 86.3 Å². The van der Waals surface area contributed by atoms with E-state index in [1.54, 1.807) is 12.4 Å². The maximum Gasteiger partial charge on any atom is 0.157 e. The van der Waals surface area contributed by atoms with E-state index in [4.69, 9.17) is 9.72 Å². The number of morpholine rings is 1. The van der Waals surface area contributed by atoms with Crippen LogP contribution in [0, 0.1) is 5.41 Å². The minimum absolute atomic E-state index is 0.356. The number of allylic oxidation sites excluding steroid dienone is 4. The summed E-state index contributed by atoms with van der Waals surface area (Å²) in [5.74, 6) is 0.965. The molecule has 33 heavy (non-hydrogen) atoms. The van der Waals surface area contributed by atoms with Crippen molar-refractivity contribution in [2.45, 2.75) is 26.2 Å². The molecule has 5 rings (SSSR count). The Hall–Kier alpha value is -2.77. The van der Waals surface area contributed by atoms with Gasteiger partial charge in [0, 0.05) is 56.2 Å². The van der Waals surface area contributed by atoms with Crippen LogP contribution in [-0.2, 0) is 4.74 Å². The predicted molar refractivity (Wildman–Crippen MR) is 133 cm³/mol. The Morgan fingerprint density at radius 2 is 2.00 bits per heavy atom. The third-order valence-electron chi connectivity index (χ3n) is 7.23. The molecule has 1 atom stereocenters. The third-order valence-corrected chi connectivity index (χ3v) is 7.23. The first-order valence-electron chi connectivity index (χ1n) is 12.1. The Morgan fingerprint density at radius 1 is 1.15 bits per heavy atom. The van der Waals surface area contributed by atoms with Gasteiger partial charge in [0.2, 0.25) is 0 Å². The number of ether oxygens (including phenoxy) is 1. The predicted octanol–water partition coefficient (Wildman–Crippen LogP) is 3.41. The summed E-state index contributed by atoms with van der Waals surface area (Å²) in [4.78, 5) is 19.2. The highest BCUT2D eigenvalue weighted by molar-refractivity contribution is 5.88. The van der Waals surface area contributed by atoms with E-state index in [9.17, 15) is 0 Å². The topological polar surface area (TPSA) is 66.4 Å². The number of fused-ring (bicyclic) bond motifs is 1. The number of anilines is 1. The zero-order chi connectivity index (χ0) is 22.7. The lowest BCUT2D eigenvalue weighted by atomic mass is 9.80. The molecule has 7 nitrogen and oxygen atoms in total. The average molecular weight is 447 g/mol. The zero-order valence-electron chi connectivity index (χ0n) is 19.6. The van der Waals surface area contributed by atoms with E-state index in [1.165, 1.54) is 19.3 Å². The van der Waals surface area contributed by atoms with Gasteiger partial charge in [-0.15, -0.1) is 0 Å². The average Bonchev–Trinajstić information content (AvgIpc) is 3.27. The lowest BCUT2D eigenvalue weighted by molar-refractivity contribution is 0.0554. The van der Waals surface area contributed by atoms with Crippen molar-refractivity contribution in [2.24, 2.45) is 5.41 Å². The number of rotatable bonds is 5. The second kappa shape index (κ2) is 9.61. The fourth-order valence-corrected chi connectivity index (χ4v) is 5.29. The van der Waals surface area contributed by atoms with Crippen molar-refractivity contribution in [1.82, 2.24) is 25.2 Å². The highest BCUT2D eigenvalue weighted by atomic mass is 16.5. The summed E-state index contributed by atoms with van der Waals surface area (Å²) in [5.41, 5.74) is 5.31. The number of aromatic nitrogens is 3. The van der Waals surface area contributed by atoms with Crippen LogP contribution in [0.4, 0.5) is 5.82 Å². The molecule has 0 aromatic carbocycles. The Labute approximate surface area is 196 Å². The van der Waals surface area contributed by atoms with Crippen molar-refractivity contribution >= 4 is 22.4 Å². The molecule has 0 amide bonds. The van der Waals surface area contributed by atoms with Gasteiger partial charge in [0.1, 0.15) is 5.52 Å². The molecular weight excluding hydrogens is 412 g/mol. The second-order valence-electron chi connectivity index (χ2n) is 9.45. The van der Waals surface area contributed by atoms with Crippen LogP contribution in [0.1, 0.15) is 31.9 Å². The fourth-order valence-electron chi connectivity index (χ4n) is 5.29. The molecule has 3 saturated heterocycles. The maximum absolute atomic E-state index is 5.48. The summed E-state index contributed by atoms with van der Waals surface area (Å²) in [7, 11) is 0. The first-order valence-corrected chi connectivity index (χ1v) is 12.1. The summed E-state index contributed by atoms with van der Waals surface area (Å²) in [6.45, 7) is 13.7. The molecule has 2 aromatic rings. The van der Waals surface area contributed by atoms with Crippen LogP contribution in [-0.4, -0.2) is 72.3 Å². The van der Waals surface area contributed by atoms with Gasteiger partial charge in [-0.25, -0.2) is 9.97 Å². The molecule has 2 aromatic heterocycles. The number of piperidine rings is 1. The van der Waals surface area contributed by atoms with Gasteiger partial charge < -0.3 is 19.9 Å². The zero-order valence-corrected chi connectivity index (χ0v) is 19.6. The molecule has 0 radical (unpaired) electrons. The molecule has 174 valence electrons. The van der Waals surface area contributed by atoms with E-state index >= 15 is 0 Å². The standard InChI is InChI=1S/C26H34N6O/c1-3-21(31-13-15-33-16-14-31)6-5-20(2)22-17-23-24(29-11-10-28-23)25(30-22)32-12-8-26(19-32)7-4-9-27-18-26/h3,5-6,10-11,17,27H,1,4,7-9,12-16,18-19H2,2H3/b20-5+,21-6+. The lowest BCUT2D eigenvalue weighted by Gasteiger charge is -2.34. The van der Waals surface area contributed by atoms with Crippen LogP contribution in [0.5, 0.6) is 0 Å². The van der Waals surface area contributed by atoms with Crippen LogP contribution < -0.4 is 10.2 Å². The summed E-state index contributed by atoms with van der Waals surface area (Å²) >= 11 is 0. The normalized spacial score (nSPS) is 24.6. The smallest absolute Gasteiger partial charge is 0.157 e. The molecule has 3 aliphatic rings. The number of nitrogens with one attached hydrogen (secondary N) is 1. The van der Waals surface area contributed by atoms with Crippen molar-refractivity contribution in [3.05, 3.63) is 54.7 Å². The molecule has 0 saturated carbocycles. The molecule has 1 spiro atoms. The highest BCUT2D eigenvalue weighted by Gasteiger charge is 2.40. The molecule has 3 aliphatic heterocycles. The van der Waals surface area contributed by atoms with E-state index in [2.05, 4.69) is 56.8 Å². The summed E-state index contributed by atoms with van der Waals surface area (Å²) in [6, 6.07) is 2.06. The van der Waals surface area contributed by atoms with Crippen molar-refractivity contribution < 1.29 is 4.74 Å². The van der Waals surface area contributed by atoms with E-state index in [0.29, 0.717) is 5.41 Å². The number of hydrogen-bond donors (Lipinski definition) is 1. The number of hydrogen-bond acceptors (Lipinski definition) is 7.